The molecule has 5 rings (SSSR count). The Morgan fingerprint density at radius 1 is 1.22 bits per heavy atom. The van der Waals surface area contributed by atoms with E-state index in [1.54, 1.807) is 13.2 Å². The van der Waals surface area contributed by atoms with Gasteiger partial charge in [0.2, 0.25) is 6.79 Å². The van der Waals surface area contributed by atoms with Crippen LogP contribution in [0, 0.1) is 11.8 Å². The summed E-state index contributed by atoms with van der Waals surface area (Å²) >= 11 is 5.87. The second-order valence-corrected chi connectivity index (χ2v) is 10.2. The van der Waals surface area contributed by atoms with E-state index < -0.39 is 5.92 Å². The van der Waals surface area contributed by atoms with E-state index in [9.17, 15) is 9.90 Å². The molecule has 1 aliphatic heterocycles. The van der Waals surface area contributed by atoms with Crippen molar-refractivity contribution in [2.75, 3.05) is 13.9 Å². The average molecular weight is 513 g/mol. The summed E-state index contributed by atoms with van der Waals surface area (Å²) in [6.45, 7) is 0.162. The highest BCUT2D eigenvalue weighted by Gasteiger charge is 2.36. The number of allylic oxidation sites excluding steroid dienone is 5. The summed E-state index contributed by atoms with van der Waals surface area (Å²) in [7, 11) is 1.57. The number of halogens is 1. The van der Waals surface area contributed by atoms with Crippen molar-refractivity contribution < 1.29 is 28.4 Å². The predicted octanol–water partition coefficient (Wildman–Crippen LogP) is 6.83. The van der Waals surface area contributed by atoms with Gasteiger partial charge in [0.15, 0.2) is 17.3 Å². The van der Waals surface area contributed by atoms with Crippen molar-refractivity contribution in [3.05, 3.63) is 70.7 Å². The van der Waals surface area contributed by atoms with E-state index in [2.05, 4.69) is 18.2 Å². The molecular weight excluding hydrogens is 480 g/mol. The second kappa shape index (κ2) is 11.1. The van der Waals surface area contributed by atoms with Crippen LogP contribution in [0.25, 0.3) is 0 Å². The summed E-state index contributed by atoms with van der Waals surface area (Å²) in [6.07, 6.45) is 14.8. The van der Waals surface area contributed by atoms with Gasteiger partial charge in [0.1, 0.15) is 23.4 Å². The van der Waals surface area contributed by atoms with Crippen molar-refractivity contribution in [1.29, 1.82) is 0 Å². The fraction of sp³-hybridized carbons (Fsp3) is 0.483. The lowest BCUT2D eigenvalue weighted by molar-refractivity contribution is -0.124. The van der Waals surface area contributed by atoms with E-state index in [0.29, 0.717) is 28.7 Å². The maximum atomic E-state index is 13.8. The lowest BCUT2D eigenvalue weighted by Crippen LogP contribution is -2.27. The minimum absolute atomic E-state index is 0.0149. The number of ketones is 1. The van der Waals surface area contributed by atoms with Gasteiger partial charge in [-0.25, -0.2) is 0 Å². The lowest BCUT2D eigenvalue weighted by Gasteiger charge is -2.32. The molecule has 4 atom stereocenters. The predicted molar refractivity (Wildman–Crippen MR) is 137 cm³/mol. The first-order valence-corrected chi connectivity index (χ1v) is 13.1. The van der Waals surface area contributed by atoms with Gasteiger partial charge < -0.3 is 23.6 Å². The Balaban J connectivity index is 1.43. The van der Waals surface area contributed by atoms with Crippen LogP contribution < -0.4 is 9.47 Å². The summed E-state index contributed by atoms with van der Waals surface area (Å²) in [4.78, 5) is 13.8. The number of rotatable bonds is 8. The monoisotopic (exact) mass is 512 g/mol. The zero-order valence-electron chi connectivity index (χ0n) is 20.6. The first kappa shape index (κ1) is 25.0. The third kappa shape index (κ3) is 5.21. The number of benzene rings is 1. The van der Waals surface area contributed by atoms with Crippen LogP contribution in [0.4, 0.5) is 0 Å². The van der Waals surface area contributed by atoms with Crippen LogP contribution in [0.3, 0.4) is 0 Å². The van der Waals surface area contributed by atoms with Crippen molar-refractivity contribution in [1.82, 2.24) is 0 Å². The summed E-state index contributed by atoms with van der Waals surface area (Å²) in [5, 5.41) is 11.1. The van der Waals surface area contributed by atoms with Crippen LogP contribution in [-0.2, 0) is 13.8 Å². The maximum absolute atomic E-state index is 13.8. The number of methoxy groups -OCH3 is 1. The molecular formula is C29H33ClO6. The molecule has 0 aromatic heterocycles. The SMILES string of the molecule is COC1C=C(OCl)C(C(CC(=O)C2CCCC(C3=CCCC=C3)C2)c2ccc3c(c2)OCO3)=C(O)C1. The standard InChI is InChI=1S/C29H33ClO6/c1-33-22-14-25(32)29(28(15-22)36-30)23(20-10-11-26-27(13-20)35-17-34-26)16-24(31)21-9-5-8-19(12-21)18-6-3-2-4-7-18/h3,6-7,10-11,13,15,19,21-23,32H,2,4-5,8-9,12,14,16-17H2,1H3. The fourth-order valence-corrected chi connectivity index (χ4v) is 6.09. The lowest BCUT2D eigenvalue weighted by atomic mass is 9.72. The van der Waals surface area contributed by atoms with Gasteiger partial charge in [0.25, 0.3) is 0 Å². The number of ether oxygens (including phenoxy) is 3. The molecule has 4 aliphatic rings. The van der Waals surface area contributed by atoms with Gasteiger partial charge in [-0.15, -0.1) is 0 Å². The summed E-state index contributed by atoms with van der Waals surface area (Å²) in [6, 6.07) is 5.65. The molecule has 7 heteroatoms. The molecule has 0 radical (unpaired) electrons. The van der Waals surface area contributed by atoms with Crippen LogP contribution >= 0.6 is 11.9 Å². The van der Waals surface area contributed by atoms with Gasteiger partial charge in [-0.3, -0.25) is 4.79 Å². The number of hydrogen-bond acceptors (Lipinski definition) is 6. The molecule has 1 saturated carbocycles. The van der Waals surface area contributed by atoms with Crippen LogP contribution in [0.1, 0.15) is 62.8 Å². The van der Waals surface area contributed by atoms with Crippen LogP contribution in [0.2, 0.25) is 0 Å². The number of carbonyl (C=O) groups is 1. The zero-order valence-corrected chi connectivity index (χ0v) is 21.3. The quantitative estimate of drug-likeness (QED) is 0.411. The molecule has 6 nitrogen and oxygen atoms in total. The van der Waals surface area contributed by atoms with Crippen LogP contribution in [-0.4, -0.2) is 30.9 Å². The summed E-state index contributed by atoms with van der Waals surface area (Å²) in [5.41, 5.74) is 2.75. The topological polar surface area (TPSA) is 74.2 Å². The highest BCUT2D eigenvalue weighted by atomic mass is 35.5. The fourth-order valence-electron chi connectivity index (χ4n) is 5.96. The molecule has 3 aliphatic carbocycles. The van der Waals surface area contributed by atoms with E-state index in [4.69, 9.17) is 30.4 Å². The largest absolute Gasteiger partial charge is 0.512 e. The average Bonchev–Trinajstić information content (AvgIpc) is 3.40. The molecule has 1 N–H and O–H groups in total. The number of aliphatic hydroxyl groups excluding tert-OH is 1. The molecule has 192 valence electrons. The molecule has 1 aromatic carbocycles. The van der Waals surface area contributed by atoms with Gasteiger partial charge in [-0.2, -0.15) is 0 Å². The van der Waals surface area contributed by atoms with Gasteiger partial charge >= 0.3 is 0 Å². The Bertz CT molecular complexity index is 1120. The van der Waals surface area contributed by atoms with Crippen LogP contribution in [0.15, 0.2) is 65.2 Å². The highest BCUT2D eigenvalue weighted by molar-refractivity contribution is 6.08. The minimum atomic E-state index is -0.441. The summed E-state index contributed by atoms with van der Waals surface area (Å²) < 4.78 is 21.7. The van der Waals surface area contributed by atoms with Crippen molar-refractivity contribution in [2.45, 2.75) is 63.4 Å². The Labute approximate surface area is 217 Å². The van der Waals surface area contributed by atoms with Crippen molar-refractivity contribution in [3.8, 4) is 11.5 Å². The van der Waals surface area contributed by atoms with Crippen molar-refractivity contribution in [2.24, 2.45) is 11.8 Å². The molecule has 0 saturated heterocycles. The molecule has 1 aromatic rings. The zero-order chi connectivity index (χ0) is 25.1. The number of hydrogen-bond donors (Lipinski definition) is 1. The molecule has 36 heavy (non-hydrogen) atoms. The van der Waals surface area contributed by atoms with Gasteiger partial charge in [-0.1, -0.05) is 30.7 Å². The molecule has 0 bridgehead atoms. The number of carbonyl (C=O) groups excluding carboxylic acids is 1. The van der Waals surface area contributed by atoms with E-state index >= 15 is 0 Å². The van der Waals surface area contributed by atoms with Gasteiger partial charge in [0, 0.05) is 37.4 Å². The van der Waals surface area contributed by atoms with Gasteiger partial charge in [-0.05, 0) is 67.4 Å². The van der Waals surface area contributed by atoms with Crippen LogP contribution in [0.5, 0.6) is 11.5 Å². The van der Waals surface area contributed by atoms with E-state index in [1.165, 1.54) is 5.57 Å². The smallest absolute Gasteiger partial charge is 0.231 e. The molecule has 0 amide bonds. The Hall–Kier alpha value is -2.70. The van der Waals surface area contributed by atoms with Gasteiger partial charge in [0.05, 0.1) is 6.10 Å². The van der Waals surface area contributed by atoms with E-state index in [0.717, 1.165) is 44.1 Å². The normalized spacial score (nSPS) is 26.3. The van der Waals surface area contributed by atoms with Crippen molar-refractivity contribution in [3.63, 3.8) is 0 Å². The minimum Gasteiger partial charge on any atom is -0.512 e. The van der Waals surface area contributed by atoms with E-state index in [1.807, 2.05) is 18.2 Å². The summed E-state index contributed by atoms with van der Waals surface area (Å²) in [5.74, 6) is 1.91. The first-order valence-electron chi connectivity index (χ1n) is 12.8. The highest BCUT2D eigenvalue weighted by Crippen LogP contribution is 2.44. The molecule has 1 fully saturated rings. The number of fused-ring (bicyclic) bond motifs is 1. The number of aliphatic hydroxyl groups is 1. The van der Waals surface area contributed by atoms with Crippen molar-refractivity contribution >= 4 is 17.6 Å². The molecule has 0 spiro atoms. The third-order valence-corrected chi connectivity index (χ3v) is 8.04. The third-order valence-electron chi connectivity index (χ3n) is 7.87. The maximum Gasteiger partial charge on any atom is 0.231 e. The molecule has 4 unspecified atom stereocenters. The molecule has 1 heterocycles. The second-order valence-electron chi connectivity index (χ2n) is 10.0. The Morgan fingerprint density at radius 3 is 2.86 bits per heavy atom. The van der Waals surface area contributed by atoms with E-state index in [-0.39, 0.29) is 43.2 Å². The number of Topliss-reactive ketones (excluding diaryl/α,β-unsaturated/α-hetero) is 1. The Kier molecular flexibility index (Phi) is 7.73. The first-order chi connectivity index (χ1) is 17.6. The Morgan fingerprint density at radius 2 is 2.08 bits per heavy atom.